The molecule has 0 saturated heterocycles. The molecule has 0 saturated carbocycles. The molecule has 0 fully saturated rings. The molecule has 1 N–H and O–H groups in total. The highest BCUT2D eigenvalue weighted by atomic mass is 32.2. The van der Waals surface area contributed by atoms with Crippen LogP contribution in [0.5, 0.6) is 0 Å². The first kappa shape index (κ1) is 28.5. The Balaban J connectivity index is 1.23. The van der Waals surface area contributed by atoms with E-state index in [2.05, 4.69) is 60.7 Å². The molecule has 5 aromatic rings. The van der Waals surface area contributed by atoms with E-state index in [1.165, 1.54) is 0 Å². The van der Waals surface area contributed by atoms with Crippen LogP contribution in [0.25, 0.3) is 11.1 Å². The van der Waals surface area contributed by atoms with Gasteiger partial charge in [0.15, 0.2) is 0 Å². The van der Waals surface area contributed by atoms with Gasteiger partial charge in [-0.05, 0) is 38.9 Å². The van der Waals surface area contributed by atoms with Crippen LogP contribution in [0.1, 0.15) is 40.2 Å². The minimum Gasteiger partial charge on any atom is -0.481 e. The van der Waals surface area contributed by atoms with Gasteiger partial charge >= 0.3 is 11.9 Å². The average molecular weight is 585 g/mol. The number of carbonyl (C=O) groups is 2. The molecule has 0 aliphatic heterocycles. The highest BCUT2D eigenvalue weighted by molar-refractivity contribution is 8.00. The molecule has 5 heteroatoms. The summed E-state index contributed by atoms with van der Waals surface area (Å²) in [7, 11) is 0. The molecule has 1 aliphatic rings. The summed E-state index contributed by atoms with van der Waals surface area (Å²) in [6.07, 6.45) is -0.202. The first-order chi connectivity index (χ1) is 21.1. The van der Waals surface area contributed by atoms with Gasteiger partial charge in [0.2, 0.25) is 0 Å². The third-order valence-electron chi connectivity index (χ3n) is 8.18. The number of fused-ring (bicyclic) bond motifs is 3. The third-order valence-corrected chi connectivity index (χ3v) is 9.89. The molecular weight excluding hydrogens is 552 g/mol. The molecule has 0 amide bonds. The number of aliphatic carboxylic acids is 1. The second-order valence-corrected chi connectivity index (χ2v) is 12.0. The summed E-state index contributed by atoms with van der Waals surface area (Å²) in [5.74, 6) is -2.28. The van der Waals surface area contributed by atoms with Crippen LogP contribution in [0, 0.1) is 5.92 Å². The van der Waals surface area contributed by atoms with E-state index in [-0.39, 0.29) is 24.7 Å². The van der Waals surface area contributed by atoms with Gasteiger partial charge in [0.1, 0.15) is 6.61 Å². The average Bonchev–Trinajstić information content (AvgIpc) is 3.38. The first-order valence-electron chi connectivity index (χ1n) is 14.4. The Hall–Kier alpha value is -4.61. The second-order valence-electron chi connectivity index (χ2n) is 10.7. The summed E-state index contributed by atoms with van der Waals surface area (Å²) in [5, 5.41) is 10.2. The molecule has 1 unspecified atom stereocenters. The molecule has 5 aromatic carbocycles. The summed E-state index contributed by atoms with van der Waals surface area (Å²) in [5.41, 5.74) is 7.68. The van der Waals surface area contributed by atoms with Crippen molar-refractivity contribution in [3.8, 4) is 11.1 Å². The van der Waals surface area contributed by atoms with E-state index in [0.717, 1.165) is 38.9 Å². The van der Waals surface area contributed by atoms with Crippen LogP contribution in [-0.4, -0.2) is 29.4 Å². The van der Waals surface area contributed by atoms with Crippen LogP contribution in [0.3, 0.4) is 0 Å². The van der Waals surface area contributed by atoms with Crippen LogP contribution < -0.4 is 0 Å². The number of hydrogen-bond acceptors (Lipinski definition) is 4. The van der Waals surface area contributed by atoms with E-state index < -0.39 is 22.6 Å². The van der Waals surface area contributed by atoms with Crippen molar-refractivity contribution < 1.29 is 19.4 Å². The summed E-state index contributed by atoms with van der Waals surface area (Å²) in [6.45, 7) is 0.175. The van der Waals surface area contributed by atoms with Crippen molar-refractivity contribution in [3.05, 3.63) is 167 Å². The first-order valence-corrected chi connectivity index (χ1v) is 15.4. The molecule has 6 rings (SSSR count). The van der Waals surface area contributed by atoms with Gasteiger partial charge in [-0.2, -0.15) is 0 Å². The minimum absolute atomic E-state index is 0.0732. The Morgan fingerprint density at radius 2 is 1.07 bits per heavy atom. The third kappa shape index (κ3) is 5.73. The lowest BCUT2D eigenvalue weighted by atomic mass is 9.84. The molecular formula is C38H32O4S. The summed E-state index contributed by atoms with van der Waals surface area (Å²) < 4.78 is 5.13. The zero-order valence-electron chi connectivity index (χ0n) is 23.6. The molecule has 43 heavy (non-hydrogen) atoms. The Kier molecular flexibility index (Phi) is 8.43. The Labute approximate surface area is 256 Å². The summed E-state index contributed by atoms with van der Waals surface area (Å²) >= 11 is 1.54. The van der Waals surface area contributed by atoms with Gasteiger partial charge in [-0.15, -0.1) is 11.8 Å². The lowest BCUT2D eigenvalue weighted by Gasteiger charge is -2.36. The lowest BCUT2D eigenvalue weighted by Crippen LogP contribution is -2.29. The smallest absolute Gasteiger partial charge is 0.307 e. The van der Waals surface area contributed by atoms with Gasteiger partial charge in [-0.1, -0.05) is 140 Å². The number of carboxylic acids is 1. The Bertz CT molecular complexity index is 1560. The van der Waals surface area contributed by atoms with E-state index in [0.29, 0.717) is 0 Å². The van der Waals surface area contributed by atoms with Gasteiger partial charge in [0, 0.05) is 11.7 Å². The topological polar surface area (TPSA) is 63.6 Å². The van der Waals surface area contributed by atoms with E-state index in [1.54, 1.807) is 11.8 Å². The van der Waals surface area contributed by atoms with Crippen molar-refractivity contribution in [1.82, 2.24) is 0 Å². The van der Waals surface area contributed by atoms with E-state index in [4.69, 9.17) is 4.74 Å². The van der Waals surface area contributed by atoms with Gasteiger partial charge in [0.05, 0.1) is 17.1 Å². The van der Waals surface area contributed by atoms with Crippen molar-refractivity contribution in [2.24, 2.45) is 5.92 Å². The van der Waals surface area contributed by atoms with Crippen LogP contribution in [0.2, 0.25) is 0 Å². The fourth-order valence-corrected chi connectivity index (χ4v) is 7.71. The number of carboxylic acid groups (broad SMARTS) is 1. The maximum atomic E-state index is 13.2. The standard InChI is InChI=1S/C38H32O4S/c39-36(42-25-35-33-22-12-10-20-31(33)32-21-11-13-23-34(32)35)24-27(37(40)41)26-43-38(28-14-4-1-5-15-28,29-16-6-2-7-17-29)30-18-8-3-9-19-30/h1-23,27,35H,24-26H2,(H,40,41). The number of carbonyl (C=O) groups excluding carboxylic acids is 1. The molecule has 0 bridgehead atoms. The van der Waals surface area contributed by atoms with E-state index in [9.17, 15) is 14.7 Å². The number of benzene rings is 5. The van der Waals surface area contributed by atoms with Gasteiger partial charge < -0.3 is 9.84 Å². The van der Waals surface area contributed by atoms with Crippen molar-refractivity contribution in [3.63, 3.8) is 0 Å². The van der Waals surface area contributed by atoms with Crippen molar-refractivity contribution >= 4 is 23.7 Å². The van der Waals surface area contributed by atoms with Gasteiger partial charge in [-0.25, -0.2) is 0 Å². The fourth-order valence-electron chi connectivity index (χ4n) is 6.09. The molecule has 0 spiro atoms. The largest absolute Gasteiger partial charge is 0.481 e. The van der Waals surface area contributed by atoms with Crippen LogP contribution in [0.15, 0.2) is 140 Å². The van der Waals surface area contributed by atoms with Crippen molar-refractivity contribution in [1.29, 1.82) is 0 Å². The van der Waals surface area contributed by atoms with Crippen molar-refractivity contribution in [2.45, 2.75) is 17.1 Å². The molecule has 214 valence electrons. The number of esters is 1. The molecule has 1 atom stereocenters. The zero-order valence-corrected chi connectivity index (χ0v) is 24.5. The molecule has 1 aliphatic carbocycles. The highest BCUT2D eigenvalue weighted by Gasteiger charge is 2.39. The zero-order chi connectivity index (χ0) is 29.6. The monoisotopic (exact) mass is 584 g/mol. The van der Waals surface area contributed by atoms with Crippen LogP contribution >= 0.6 is 11.8 Å². The maximum Gasteiger partial charge on any atom is 0.307 e. The minimum atomic E-state index is -1.01. The number of rotatable bonds is 11. The summed E-state index contributed by atoms with van der Waals surface area (Å²) in [6, 6.07) is 46.7. The van der Waals surface area contributed by atoms with E-state index >= 15 is 0 Å². The SMILES string of the molecule is O=C(CC(CSC(c1ccccc1)(c1ccccc1)c1ccccc1)C(=O)O)OCC1c2ccccc2-c2ccccc21. The molecule has 0 aromatic heterocycles. The van der Waals surface area contributed by atoms with Gasteiger partial charge in [0.25, 0.3) is 0 Å². The second kappa shape index (κ2) is 12.7. The number of thioether (sulfide) groups is 1. The summed E-state index contributed by atoms with van der Waals surface area (Å²) in [4.78, 5) is 25.7. The molecule has 0 radical (unpaired) electrons. The quantitative estimate of drug-likeness (QED) is 0.125. The van der Waals surface area contributed by atoms with Crippen molar-refractivity contribution in [2.75, 3.05) is 12.4 Å². The maximum absolute atomic E-state index is 13.2. The van der Waals surface area contributed by atoms with Gasteiger partial charge in [-0.3, -0.25) is 9.59 Å². The Morgan fingerprint density at radius 1 is 0.651 bits per heavy atom. The van der Waals surface area contributed by atoms with Crippen LogP contribution in [-0.2, 0) is 19.1 Å². The number of ether oxygens (including phenoxy) is 1. The lowest BCUT2D eigenvalue weighted by molar-refractivity contribution is -0.151. The van der Waals surface area contributed by atoms with Crippen LogP contribution in [0.4, 0.5) is 0 Å². The Morgan fingerprint density at radius 3 is 1.51 bits per heavy atom. The predicted molar refractivity (Wildman–Crippen MR) is 172 cm³/mol. The molecule has 0 heterocycles. The fraction of sp³-hybridized carbons (Fsp3) is 0.158. The highest BCUT2D eigenvalue weighted by Crippen LogP contribution is 2.49. The predicted octanol–water partition coefficient (Wildman–Crippen LogP) is 8.16. The number of hydrogen-bond donors (Lipinski definition) is 1. The van der Waals surface area contributed by atoms with E-state index in [1.807, 2.05) is 78.9 Å². The molecule has 4 nitrogen and oxygen atoms in total. The normalized spacial score (nSPS) is 13.1.